The number of nitrogens with zero attached hydrogens (tertiary/aromatic N) is 3. The van der Waals surface area contributed by atoms with Crippen molar-refractivity contribution in [2.75, 3.05) is 0 Å². The van der Waals surface area contributed by atoms with Crippen LogP contribution in [-0.4, -0.2) is 20.4 Å². The van der Waals surface area contributed by atoms with Crippen molar-refractivity contribution >= 4 is 10.9 Å². The van der Waals surface area contributed by atoms with Gasteiger partial charge in [0.15, 0.2) is 0 Å². The van der Waals surface area contributed by atoms with Gasteiger partial charge in [0.05, 0.1) is 17.3 Å². The van der Waals surface area contributed by atoms with E-state index in [0.717, 1.165) is 0 Å². The molecule has 60 valence electrons. The fourth-order valence-corrected chi connectivity index (χ4v) is 1.03. The van der Waals surface area contributed by atoms with E-state index in [1.807, 2.05) is 0 Å². The molecule has 0 unspecified atom stereocenters. The van der Waals surface area contributed by atoms with Gasteiger partial charge < -0.3 is 0 Å². The van der Waals surface area contributed by atoms with Crippen LogP contribution in [0, 0.1) is 6.92 Å². The molecule has 0 aromatic carbocycles. The Labute approximate surface area is 67.5 Å². The summed E-state index contributed by atoms with van der Waals surface area (Å²) in [6, 6.07) is 1.62. The van der Waals surface area contributed by atoms with E-state index in [-0.39, 0.29) is 5.56 Å². The molecule has 5 heteroatoms. The Morgan fingerprint density at radius 3 is 3.08 bits per heavy atom. The smallest absolute Gasteiger partial charge is 0.267 e. The van der Waals surface area contributed by atoms with Gasteiger partial charge in [-0.2, -0.15) is 10.2 Å². The molecule has 0 aliphatic carbocycles. The van der Waals surface area contributed by atoms with Crippen LogP contribution in [0.1, 0.15) is 5.69 Å². The molecule has 0 amide bonds. The van der Waals surface area contributed by atoms with Gasteiger partial charge in [0.1, 0.15) is 5.52 Å². The van der Waals surface area contributed by atoms with Crippen molar-refractivity contribution in [3.63, 3.8) is 0 Å². The maximum absolute atomic E-state index is 11.1. The van der Waals surface area contributed by atoms with Crippen molar-refractivity contribution in [3.8, 4) is 0 Å². The summed E-state index contributed by atoms with van der Waals surface area (Å²) in [5.74, 6) is 0. The van der Waals surface area contributed by atoms with Crippen LogP contribution in [0.15, 0.2) is 17.1 Å². The van der Waals surface area contributed by atoms with E-state index in [1.165, 1.54) is 6.20 Å². The van der Waals surface area contributed by atoms with Gasteiger partial charge >= 0.3 is 0 Å². The molecule has 0 atom stereocenters. The Balaban J connectivity index is 3.05. The Morgan fingerprint density at radius 1 is 1.50 bits per heavy atom. The fourth-order valence-electron chi connectivity index (χ4n) is 1.03. The van der Waals surface area contributed by atoms with Crippen molar-refractivity contribution in [3.05, 3.63) is 28.3 Å². The minimum atomic E-state index is -0.231. The van der Waals surface area contributed by atoms with Crippen LogP contribution in [0.2, 0.25) is 0 Å². The van der Waals surface area contributed by atoms with Crippen LogP contribution >= 0.6 is 0 Å². The maximum Gasteiger partial charge on any atom is 0.273 e. The largest absolute Gasteiger partial charge is 0.273 e. The molecule has 2 aromatic rings. The van der Waals surface area contributed by atoms with Gasteiger partial charge in [-0.05, 0) is 13.0 Å². The molecule has 2 aromatic heterocycles. The molecule has 2 heterocycles. The Bertz CT molecular complexity index is 476. The number of aromatic amines is 1. The highest BCUT2D eigenvalue weighted by molar-refractivity contribution is 5.77. The second kappa shape index (κ2) is 2.37. The van der Waals surface area contributed by atoms with E-state index in [4.69, 9.17) is 0 Å². The fraction of sp³-hybridized carbons (Fsp3) is 0.143. The van der Waals surface area contributed by atoms with Crippen LogP contribution in [0.4, 0.5) is 0 Å². The topological polar surface area (TPSA) is 71.5 Å². The van der Waals surface area contributed by atoms with E-state index in [9.17, 15) is 4.79 Å². The van der Waals surface area contributed by atoms with Gasteiger partial charge in [0, 0.05) is 0 Å². The minimum absolute atomic E-state index is 0.231. The third-order valence-corrected chi connectivity index (χ3v) is 1.63. The predicted molar refractivity (Wildman–Crippen MR) is 42.7 cm³/mol. The van der Waals surface area contributed by atoms with E-state index in [1.54, 1.807) is 13.0 Å². The van der Waals surface area contributed by atoms with E-state index in [0.29, 0.717) is 16.6 Å². The first-order valence-corrected chi connectivity index (χ1v) is 3.46. The average molecular weight is 162 g/mol. The van der Waals surface area contributed by atoms with Crippen LogP contribution in [-0.2, 0) is 0 Å². The Morgan fingerprint density at radius 2 is 2.33 bits per heavy atom. The summed E-state index contributed by atoms with van der Waals surface area (Å²) in [7, 11) is 0. The number of aromatic nitrogens is 4. The zero-order valence-electron chi connectivity index (χ0n) is 6.40. The predicted octanol–water partition coefficient (Wildman–Crippen LogP) is 0.0215. The lowest BCUT2D eigenvalue weighted by molar-refractivity contribution is 0.947. The zero-order chi connectivity index (χ0) is 8.55. The molecule has 0 aliphatic rings. The summed E-state index contributed by atoms with van der Waals surface area (Å²) in [5, 5.41) is 14.1. The first-order chi connectivity index (χ1) is 5.79. The minimum Gasteiger partial charge on any atom is -0.267 e. The van der Waals surface area contributed by atoms with Gasteiger partial charge in [-0.1, -0.05) is 0 Å². The highest BCUT2D eigenvalue weighted by atomic mass is 16.1. The first-order valence-electron chi connectivity index (χ1n) is 3.46. The summed E-state index contributed by atoms with van der Waals surface area (Å²) in [5.41, 5.74) is 1.00. The standard InChI is InChI=1S/C7H6N4O/c1-4-6-5(2-3-8-10-6)7(12)11-9-4/h2-3H,1H3,(H,11,12). The van der Waals surface area contributed by atoms with Gasteiger partial charge in [-0.25, -0.2) is 5.10 Å². The molecule has 12 heavy (non-hydrogen) atoms. The average Bonchev–Trinajstić information content (AvgIpc) is 2.12. The highest BCUT2D eigenvalue weighted by Gasteiger charge is 2.02. The SMILES string of the molecule is Cc1n[nH]c(=O)c2ccnnc12. The van der Waals surface area contributed by atoms with Crippen molar-refractivity contribution in [1.82, 2.24) is 20.4 Å². The molecule has 0 spiro atoms. The number of aryl methyl sites for hydroxylation is 1. The number of hydrogen-bond acceptors (Lipinski definition) is 4. The summed E-state index contributed by atoms with van der Waals surface area (Å²) in [6.45, 7) is 1.77. The third kappa shape index (κ3) is 0.868. The van der Waals surface area contributed by atoms with Crippen LogP contribution in [0.25, 0.3) is 10.9 Å². The zero-order valence-corrected chi connectivity index (χ0v) is 6.40. The molecule has 0 fully saturated rings. The molecule has 5 nitrogen and oxygen atoms in total. The lowest BCUT2D eigenvalue weighted by atomic mass is 10.3. The molecule has 1 N–H and O–H groups in total. The van der Waals surface area contributed by atoms with Gasteiger partial charge in [0.2, 0.25) is 0 Å². The number of hydrogen-bond donors (Lipinski definition) is 1. The molecular formula is C7H6N4O. The van der Waals surface area contributed by atoms with Crippen LogP contribution in [0.3, 0.4) is 0 Å². The van der Waals surface area contributed by atoms with E-state index in [2.05, 4.69) is 20.4 Å². The molecule has 0 saturated heterocycles. The number of nitrogens with one attached hydrogen (secondary N) is 1. The number of H-pyrrole nitrogens is 1. The highest BCUT2D eigenvalue weighted by Crippen LogP contribution is 2.04. The number of rotatable bonds is 0. The molecule has 0 radical (unpaired) electrons. The van der Waals surface area contributed by atoms with E-state index >= 15 is 0 Å². The Hall–Kier alpha value is -1.78. The van der Waals surface area contributed by atoms with Crippen LogP contribution in [0.5, 0.6) is 0 Å². The second-order valence-electron chi connectivity index (χ2n) is 2.43. The maximum atomic E-state index is 11.1. The molecule has 0 saturated carbocycles. The monoisotopic (exact) mass is 162 g/mol. The van der Waals surface area contributed by atoms with E-state index < -0.39 is 0 Å². The lowest BCUT2D eigenvalue weighted by Crippen LogP contribution is -2.10. The van der Waals surface area contributed by atoms with Gasteiger partial charge in [-0.3, -0.25) is 4.79 Å². The van der Waals surface area contributed by atoms with Crippen molar-refractivity contribution in [2.24, 2.45) is 0 Å². The summed E-state index contributed by atoms with van der Waals surface area (Å²) < 4.78 is 0. The van der Waals surface area contributed by atoms with Crippen LogP contribution < -0.4 is 5.56 Å². The normalized spacial score (nSPS) is 10.4. The summed E-state index contributed by atoms with van der Waals surface area (Å²) >= 11 is 0. The second-order valence-corrected chi connectivity index (χ2v) is 2.43. The van der Waals surface area contributed by atoms with Gasteiger partial charge in [0.25, 0.3) is 5.56 Å². The molecule has 2 rings (SSSR count). The van der Waals surface area contributed by atoms with Crippen molar-refractivity contribution < 1.29 is 0 Å². The number of fused-ring (bicyclic) bond motifs is 1. The van der Waals surface area contributed by atoms with Crippen molar-refractivity contribution in [1.29, 1.82) is 0 Å². The molecule has 0 aliphatic heterocycles. The lowest BCUT2D eigenvalue weighted by Gasteiger charge is -1.95. The van der Waals surface area contributed by atoms with Crippen molar-refractivity contribution in [2.45, 2.75) is 6.92 Å². The molecule has 0 bridgehead atoms. The molecular weight excluding hydrogens is 156 g/mol. The third-order valence-electron chi connectivity index (χ3n) is 1.63. The summed E-state index contributed by atoms with van der Waals surface area (Å²) in [4.78, 5) is 11.1. The first kappa shape index (κ1) is 6.90. The quantitative estimate of drug-likeness (QED) is 0.592. The Kier molecular flexibility index (Phi) is 1.36. The van der Waals surface area contributed by atoms with Gasteiger partial charge in [-0.15, -0.1) is 5.10 Å². The summed E-state index contributed by atoms with van der Waals surface area (Å²) in [6.07, 6.45) is 1.48.